The molecule has 0 fully saturated rings. The molecule has 1 heterocycles. The van der Waals surface area contributed by atoms with E-state index in [0.717, 1.165) is 25.8 Å². The van der Waals surface area contributed by atoms with Crippen molar-refractivity contribution in [3.8, 4) is 0 Å². The molecular weight excluding hydrogens is 230 g/mol. The van der Waals surface area contributed by atoms with Gasteiger partial charge in [-0.2, -0.15) is 0 Å². The Kier molecular flexibility index (Phi) is 5.53. The van der Waals surface area contributed by atoms with Crippen LogP contribution in [0.5, 0.6) is 0 Å². The fourth-order valence-corrected chi connectivity index (χ4v) is 2.94. The highest BCUT2D eigenvalue weighted by atomic mass is 32.1. The number of aromatic nitrogens is 2. The normalized spacial score (nSPS) is 13.9. The molecule has 3 nitrogen and oxygen atoms in total. The van der Waals surface area contributed by atoms with Gasteiger partial charge in [-0.1, -0.05) is 45.5 Å². The number of nitrogens with zero attached hydrogens (tertiary/aromatic N) is 2. The van der Waals surface area contributed by atoms with Crippen LogP contribution < -0.4 is 5.32 Å². The van der Waals surface area contributed by atoms with E-state index in [4.69, 9.17) is 0 Å². The molecule has 1 aromatic heterocycles. The van der Waals surface area contributed by atoms with Crippen molar-refractivity contribution in [2.24, 2.45) is 5.41 Å². The van der Waals surface area contributed by atoms with Crippen molar-refractivity contribution in [3.05, 3.63) is 10.6 Å². The third kappa shape index (κ3) is 4.03. The topological polar surface area (TPSA) is 37.8 Å². The van der Waals surface area contributed by atoms with Crippen molar-refractivity contribution in [3.63, 3.8) is 0 Å². The molecule has 0 amide bonds. The second-order valence-corrected chi connectivity index (χ2v) is 6.37. The maximum Gasteiger partial charge on any atom is 0.0803 e. The molecule has 0 aromatic carbocycles. The molecule has 1 aromatic rings. The van der Waals surface area contributed by atoms with Gasteiger partial charge in [-0.3, -0.25) is 0 Å². The van der Waals surface area contributed by atoms with Gasteiger partial charge in [-0.25, -0.2) is 0 Å². The molecule has 0 aliphatic rings. The number of aryl methyl sites for hydroxylation is 1. The van der Waals surface area contributed by atoms with Crippen molar-refractivity contribution < 1.29 is 0 Å². The zero-order valence-corrected chi connectivity index (χ0v) is 12.5. The Morgan fingerprint density at radius 3 is 2.47 bits per heavy atom. The van der Waals surface area contributed by atoms with Gasteiger partial charge >= 0.3 is 0 Å². The Bertz CT molecular complexity index is 328. The van der Waals surface area contributed by atoms with Crippen molar-refractivity contribution in [2.45, 2.75) is 59.9 Å². The predicted molar refractivity (Wildman–Crippen MR) is 74.4 cm³/mol. The molecule has 0 aliphatic carbocycles. The lowest BCUT2D eigenvalue weighted by atomic mass is 9.85. The molecule has 1 unspecified atom stereocenters. The molecule has 0 saturated heterocycles. The first kappa shape index (κ1) is 14.6. The summed E-state index contributed by atoms with van der Waals surface area (Å²) in [6.07, 6.45) is 3.32. The van der Waals surface area contributed by atoms with E-state index in [1.165, 1.54) is 10.6 Å². The number of nitrogens with one attached hydrogen (secondary N) is 1. The summed E-state index contributed by atoms with van der Waals surface area (Å²) in [6.45, 7) is 12.3. The standard InChI is InChI=1S/C13H25N3S/c1-6-8-10-11(17-16-15-10)12(13(3,4)5)14-9-7-2/h12,14H,6-9H2,1-5H3. The molecule has 1 atom stereocenters. The molecule has 4 heteroatoms. The van der Waals surface area contributed by atoms with Gasteiger partial charge in [0, 0.05) is 6.04 Å². The van der Waals surface area contributed by atoms with E-state index in [1.807, 2.05) is 0 Å². The molecule has 1 N–H and O–H groups in total. The summed E-state index contributed by atoms with van der Waals surface area (Å²) in [5.74, 6) is 0. The van der Waals surface area contributed by atoms with Gasteiger partial charge in [0.1, 0.15) is 0 Å². The van der Waals surface area contributed by atoms with Crippen LogP contribution in [0.15, 0.2) is 0 Å². The molecule has 1 rings (SSSR count). The minimum absolute atomic E-state index is 0.200. The van der Waals surface area contributed by atoms with E-state index in [-0.39, 0.29) is 5.41 Å². The Labute approximate surface area is 109 Å². The quantitative estimate of drug-likeness (QED) is 0.844. The summed E-state index contributed by atoms with van der Waals surface area (Å²) in [5.41, 5.74) is 1.38. The van der Waals surface area contributed by atoms with Crippen LogP contribution in [0.3, 0.4) is 0 Å². The third-order valence-electron chi connectivity index (χ3n) is 2.80. The van der Waals surface area contributed by atoms with Crippen molar-refractivity contribution in [1.82, 2.24) is 14.9 Å². The van der Waals surface area contributed by atoms with Crippen molar-refractivity contribution >= 4 is 11.5 Å². The molecule has 0 radical (unpaired) electrons. The van der Waals surface area contributed by atoms with Crippen LogP contribution in [0.25, 0.3) is 0 Å². The van der Waals surface area contributed by atoms with E-state index in [2.05, 4.69) is 49.5 Å². The number of rotatable bonds is 6. The maximum absolute atomic E-state index is 4.28. The highest BCUT2D eigenvalue weighted by Crippen LogP contribution is 2.36. The van der Waals surface area contributed by atoms with Crippen LogP contribution in [0.1, 0.15) is 64.1 Å². The molecule has 0 bridgehead atoms. The lowest BCUT2D eigenvalue weighted by Crippen LogP contribution is -2.33. The summed E-state index contributed by atoms with van der Waals surface area (Å²) in [5, 5.41) is 7.92. The average Bonchev–Trinajstić information content (AvgIpc) is 2.66. The van der Waals surface area contributed by atoms with E-state index in [9.17, 15) is 0 Å². The van der Waals surface area contributed by atoms with Crippen LogP contribution >= 0.6 is 11.5 Å². The zero-order valence-electron chi connectivity index (χ0n) is 11.7. The van der Waals surface area contributed by atoms with E-state index < -0.39 is 0 Å². The Hall–Kier alpha value is -0.480. The summed E-state index contributed by atoms with van der Waals surface area (Å²) in [4.78, 5) is 1.33. The van der Waals surface area contributed by atoms with Gasteiger partial charge in [-0.05, 0) is 36.3 Å². The summed E-state index contributed by atoms with van der Waals surface area (Å²) in [6, 6.07) is 0.365. The molecule has 0 spiro atoms. The predicted octanol–water partition coefficient (Wildman–Crippen LogP) is 3.58. The van der Waals surface area contributed by atoms with Crippen LogP contribution in [0.2, 0.25) is 0 Å². The summed E-state index contributed by atoms with van der Waals surface area (Å²) < 4.78 is 4.13. The number of hydrogen-bond acceptors (Lipinski definition) is 4. The molecule has 98 valence electrons. The van der Waals surface area contributed by atoms with Crippen LogP contribution in [0, 0.1) is 5.41 Å². The van der Waals surface area contributed by atoms with Gasteiger partial charge < -0.3 is 5.32 Å². The SMILES string of the molecule is CCCNC(c1snnc1CCC)C(C)(C)C. The highest BCUT2D eigenvalue weighted by molar-refractivity contribution is 7.05. The van der Waals surface area contributed by atoms with E-state index in [1.54, 1.807) is 11.5 Å². The maximum atomic E-state index is 4.28. The molecule has 17 heavy (non-hydrogen) atoms. The molecular formula is C13H25N3S. The zero-order chi connectivity index (χ0) is 12.9. The van der Waals surface area contributed by atoms with Crippen LogP contribution in [0.4, 0.5) is 0 Å². The third-order valence-corrected chi connectivity index (χ3v) is 3.63. The minimum atomic E-state index is 0.200. The second-order valence-electron chi connectivity index (χ2n) is 5.59. The first-order chi connectivity index (χ1) is 8.00. The van der Waals surface area contributed by atoms with Crippen molar-refractivity contribution in [1.29, 1.82) is 0 Å². The molecule has 0 aliphatic heterocycles. The lowest BCUT2D eigenvalue weighted by molar-refractivity contribution is 0.275. The highest BCUT2D eigenvalue weighted by Gasteiger charge is 2.29. The lowest BCUT2D eigenvalue weighted by Gasteiger charge is -2.31. The Balaban J connectivity index is 2.91. The fraction of sp³-hybridized carbons (Fsp3) is 0.846. The van der Waals surface area contributed by atoms with Gasteiger partial charge in [0.2, 0.25) is 0 Å². The smallest absolute Gasteiger partial charge is 0.0803 e. The number of hydrogen-bond donors (Lipinski definition) is 1. The van der Waals surface area contributed by atoms with Gasteiger partial charge in [0.15, 0.2) is 0 Å². The summed E-state index contributed by atoms with van der Waals surface area (Å²) in [7, 11) is 0. The van der Waals surface area contributed by atoms with Gasteiger partial charge in [0.25, 0.3) is 0 Å². The Morgan fingerprint density at radius 2 is 1.94 bits per heavy atom. The first-order valence-electron chi connectivity index (χ1n) is 6.55. The van der Waals surface area contributed by atoms with Crippen LogP contribution in [-0.4, -0.2) is 16.1 Å². The van der Waals surface area contributed by atoms with Crippen molar-refractivity contribution in [2.75, 3.05) is 6.54 Å². The molecule has 0 saturated carbocycles. The Morgan fingerprint density at radius 1 is 1.24 bits per heavy atom. The largest absolute Gasteiger partial charge is 0.309 e. The van der Waals surface area contributed by atoms with E-state index >= 15 is 0 Å². The second kappa shape index (κ2) is 6.45. The average molecular weight is 255 g/mol. The minimum Gasteiger partial charge on any atom is -0.309 e. The monoisotopic (exact) mass is 255 g/mol. The summed E-state index contributed by atoms with van der Waals surface area (Å²) >= 11 is 1.55. The van der Waals surface area contributed by atoms with E-state index in [0.29, 0.717) is 6.04 Å². The van der Waals surface area contributed by atoms with Crippen LogP contribution in [-0.2, 0) is 6.42 Å². The van der Waals surface area contributed by atoms with Gasteiger partial charge in [-0.15, -0.1) is 5.10 Å². The van der Waals surface area contributed by atoms with Gasteiger partial charge in [0.05, 0.1) is 10.6 Å². The first-order valence-corrected chi connectivity index (χ1v) is 7.32. The fourth-order valence-electron chi connectivity index (χ4n) is 1.93.